The van der Waals surface area contributed by atoms with Gasteiger partial charge in [-0.2, -0.15) is 0 Å². The maximum Gasteiger partial charge on any atom is 0.266 e. The minimum Gasteiger partial charge on any atom is -0.462 e. The number of para-hydroxylation sites is 1. The molecule has 1 heterocycles. The van der Waals surface area contributed by atoms with E-state index < -0.39 is 0 Å². The number of ether oxygens (including phenoxy) is 1. The molecule has 0 fully saturated rings. The second-order valence-electron chi connectivity index (χ2n) is 4.35. The van der Waals surface area contributed by atoms with Gasteiger partial charge in [-0.3, -0.25) is 4.79 Å². The van der Waals surface area contributed by atoms with E-state index in [4.69, 9.17) is 4.74 Å². The first-order valence-electron chi connectivity index (χ1n) is 6.49. The highest BCUT2D eigenvalue weighted by atomic mass is 32.2. The van der Waals surface area contributed by atoms with Crippen molar-refractivity contribution in [3.8, 4) is 0 Å². The topological polar surface area (TPSA) is 38.3 Å². The Bertz CT molecular complexity index is 693. The first-order chi connectivity index (χ1) is 10.3. The number of hydrogen-bond acceptors (Lipinski definition) is 3. The summed E-state index contributed by atoms with van der Waals surface area (Å²) in [5, 5.41) is 4.64. The van der Waals surface area contributed by atoms with Crippen molar-refractivity contribution in [1.82, 2.24) is 0 Å². The van der Waals surface area contributed by atoms with Crippen LogP contribution in [-0.2, 0) is 9.53 Å². The summed E-state index contributed by atoms with van der Waals surface area (Å²) < 4.78 is 5.55. The van der Waals surface area contributed by atoms with Crippen molar-refractivity contribution in [2.75, 3.05) is 5.32 Å². The zero-order chi connectivity index (χ0) is 14.5. The number of carbonyl (C=O) groups excluding carboxylic acids is 1. The van der Waals surface area contributed by atoms with E-state index in [2.05, 4.69) is 5.32 Å². The molecule has 0 saturated heterocycles. The third-order valence-corrected chi connectivity index (χ3v) is 3.76. The van der Waals surface area contributed by atoms with Crippen LogP contribution in [0.2, 0.25) is 0 Å². The largest absolute Gasteiger partial charge is 0.462 e. The van der Waals surface area contributed by atoms with Gasteiger partial charge in [0.15, 0.2) is 5.76 Å². The van der Waals surface area contributed by atoms with E-state index in [0.29, 0.717) is 10.7 Å². The second kappa shape index (κ2) is 6.33. The lowest BCUT2D eigenvalue weighted by Gasteiger charge is -2.16. The molecule has 0 atom stereocenters. The van der Waals surface area contributed by atoms with Crippen LogP contribution >= 0.6 is 11.8 Å². The average molecular weight is 295 g/mol. The zero-order valence-electron chi connectivity index (χ0n) is 11.2. The summed E-state index contributed by atoms with van der Waals surface area (Å²) in [6.45, 7) is 0. The smallest absolute Gasteiger partial charge is 0.266 e. The first-order valence-corrected chi connectivity index (χ1v) is 7.37. The van der Waals surface area contributed by atoms with Crippen molar-refractivity contribution in [1.29, 1.82) is 0 Å². The normalized spacial score (nSPS) is 13.7. The lowest BCUT2D eigenvalue weighted by molar-refractivity contribution is -0.112. The molecule has 104 valence electrons. The third-order valence-electron chi connectivity index (χ3n) is 2.91. The number of carbonyl (C=O) groups is 1. The lowest BCUT2D eigenvalue weighted by Crippen LogP contribution is -2.15. The summed E-state index contributed by atoms with van der Waals surface area (Å²) in [6, 6.07) is 19.0. The van der Waals surface area contributed by atoms with Gasteiger partial charge >= 0.3 is 0 Å². The Labute approximate surface area is 127 Å². The van der Waals surface area contributed by atoms with Crippen molar-refractivity contribution >= 4 is 29.1 Å². The molecule has 0 bridgehead atoms. The fraction of sp³-hybridized carbons (Fsp3) is 0. The summed E-state index contributed by atoms with van der Waals surface area (Å²) in [4.78, 5) is 13.0. The van der Waals surface area contributed by atoms with Crippen LogP contribution in [0.5, 0.6) is 0 Å². The highest BCUT2D eigenvalue weighted by Gasteiger charge is 2.20. The molecule has 2 aromatic rings. The van der Waals surface area contributed by atoms with Crippen LogP contribution in [-0.4, -0.2) is 5.91 Å². The molecule has 0 radical (unpaired) electrons. The molecule has 1 aliphatic rings. The minimum absolute atomic E-state index is 0.172. The second-order valence-corrected chi connectivity index (χ2v) is 5.27. The SMILES string of the molecule is O=C(Nc1ccccc1)C1=C(c2ccccc2)OC=CS1. The van der Waals surface area contributed by atoms with Crippen molar-refractivity contribution in [2.45, 2.75) is 0 Å². The number of rotatable bonds is 3. The minimum atomic E-state index is -0.172. The molecular formula is C17H13NO2S. The van der Waals surface area contributed by atoms with Crippen LogP contribution in [0.3, 0.4) is 0 Å². The summed E-state index contributed by atoms with van der Waals surface area (Å²) in [6.07, 6.45) is 1.59. The van der Waals surface area contributed by atoms with Crippen LogP contribution in [0.4, 0.5) is 5.69 Å². The Morgan fingerprint density at radius 2 is 1.62 bits per heavy atom. The number of benzene rings is 2. The van der Waals surface area contributed by atoms with Crippen LogP contribution in [0.1, 0.15) is 5.56 Å². The summed E-state index contributed by atoms with van der Waals surface area (Å²) in [5.41, 5.74) is 1.64. The van der Waals surface area contributed by atoms with Gasteiger partial charge in [-0.25, -0.2) is 0 Å². The van der Waals surface area contributed by atoms with Gasteiger partial charge in [0, 0.05) is 16.7 Å². The average Bonchev–Trinajstić information content (AvgIpc) is 2.56. The van der Waals surface area contributed by atoms with Gasteiger partial charge in [0.2, 0.25) is 0 Å². The molecular weight excluding hydrogens is 282 g/mol. The van der Waals surface area contributed by atoms with Crippen LogP contribution in [0.25, 0.3) is 5.76 Å². The van der Waals surface area contributed by atoms with E-state index in [-0.39, 0.29) is 5.91 Å². The fourth-order valence-corrected chi connectivity index (χ4v) is 2.63. The van der Waals surface area contributed by atoms with Gasteiger partial charge in [0.1, 0.15) is 4.91 Å². The van der Waals surface area contributed by atoms with Crippen LogP contribution in [0.15, 0.2) is 77.2 Å². The van der Waals surface area contributed by atoms with Gasteiger partial charge in [-0.15, -0.1) is 0 Å². The predicted octanol–water partition coefficient (Wildman–Crippen LogP) is 4.23. The quantitative estimate of drug-likeness (QED) is 0.921. The third kappa shape index (κ3) is 3.17. The van der Waals surface area contributed by atoms with E-state index in [9.17, 15) is 4.79 Å². The maximum absolute atomic E-state index is 12.4. The van der Waals surface area contributed by atoms with Crippen molar-refractivity contribution in [3.05, 3.63) is 82.8 Å². The molecule has 3 rings (SSSR count). The number of nitrogens with one attached hydrogen (secondary N) is 1. The molecule has 21 heavy (non-hydrogen) atoms. The molecule has 4 heteroatoms. The Morgan fingerprint density at radius 3 is 2.33 bits per heavy atom. The van der Waals surface area contributed by atoms with Crippen molar-refractivity contribution in [3.63, 3.8) is 0 Å². The molecule has 0 saturated carbocycles. The number of anilines is 1. The first kappa shape index (κ1) is 13.5. The highest BCUT2D eigenvalue weighted by Crippen LogP contribution is 2.33. The zero-order valence-corrected chi connectivity index (χ0v) is 12.0. The molecule has 2 aromatic carbocycles. The van der Waals surface area contributed by atoms with Gasteiger partial charge < -0.3 is 10.1 Å². The van der Waals surface area contributed by atoms with Gasteiger partial charge in [-0.05, 0) is 12.1 Å². The van der Waals surface area contributed by atoms with E-state index in [1.807, 2.05) is 60.7 Å². The number of amides is 1. The van der Waals surface area contributed by atoms with Gasteiger partial charge in [-0.1, -0.05) is 60.3 Å². The van der Waals surface area contributed by atoms with Crippen LogP contribution in [0, 0.1) is 0 Å². The number of thioether (sulfide) groups is 1. The Hall–Kier alpha value is -2.46. The standard InChI is InChI=1S/C17H13NO2S/c19-17(18-14-9-5-2-6-10-14)16-15(20-11-12-21-16)13-7-3-1-4-8-13/h1-12H,(H,18,19). The summed E-state index contributed by atoms with van der Waals surface area (Å²) in [7, 11) is 0. The monoisotopic (exact) mass is 295 g/mol. The highest BCUT2D eigenvalue weighted by molar-refractivity contribution is 8.06. The maximum atomic E-state index is 12.4. The van der Waals surface area contributed by atoms with Gasteiger partial charge in [0.05, 0.1) is 6.26 Å². The molecule has 1 aliphatic heterocycles. The summed E-state index contributed by atoms with van der Waals surface area (Å²) in [5.74, 6) is 0.408. The van der Waals surface area contributed by atoms with Crippen LogP contribution < -0.4 is 5.32 Å². The van der Waals surface area contributed by atoms with Crippen molar-refractivity contribution in [2.24, 2.45) is 0 Å². The van der Waals surface area contributed by atoms with Crippen molar-refractivity contribution < 1.29 is 9.53 Å². The summed E-state index contributed by atoms with van der Waals surface area (Å²) >= 11 is 1.36. The Morgan fingerprint density at radius 1 is 0.952 bits per heavy atom. The predicted molar refractivity (Wildman–Crippen MR) is 86.2 cm³/mol. The fourth-order valence-electron chi connectivity index (χ4n) is 1.95. The lowest BCUT2D eigenvalue weighted by atomic mass is 10.1. The Kier molecular flexibility index (Phi) is 4.07. The molecule has 1 N–H and O–H groups in total. The van der Waals surface area contributed by atoms with E-state index in [1.54, 1.807) is 11.7 Å². The Balaban J connectivity index is 1.90. The van der Waals surface area contributed by atoms with E-state index in [1.165, 1.54) is 11.8 Å². The molecule has 1 amide bonds. The molecule has 0 aromatic heterocycles. The molecule has 0 spiro atoms. The number of hydrogen-bond donors (Lipinski definition) is 1. The van der Waals surface area contributed by atoms with E-state index in [0.717, 1.165) is 11.3 Å². The molecule has 0 unspecified atom stereocenters. The van der Waals surface area contributed by atoms with E-state index >= 15 is 0 Å². The molecule has 0 aliphatic carbocycles. The van der Waals surface area contributed by atoms with Gasteiger partial charge in [0.25, 0.3) is 5.91 Å². The molecule has 3 nitrogen and oxygen atoms in total.